The second-order valence-electron chi connectivity index (χ2n) is 4.68. The molecule has 2 N–H and O–H groups in total. The second kappa shape index (κ2) is 4.33. The van der Waals surface area contributed by atoms with Crippen molar-refractivity contribution in [2.45, 2.75) is 44.4 Å². The Morgan fingerprint density at radius 3 is 2.93 bits per heavy atom. The van der Waals surface area contributed by atoms with Crippen LogP contribution in [0, 0.1) is 0 Å². The number of β-amino-alcohol motifs (C(OH)–C–C–N with tert-alkyl or cyclic N) is 1. The number of aliphatic hydroxyl groups excluding tert-OH is 1. The van der Waals surface area contributed by atoms with E-state index in [9.17, 15) is 5.11 Å². The van der Waals surface area contributed by atoms with Gasteiger partial charge in [-0.05, 0) is 32.3 Å². The summed E-state index contributed by atoms with van der Waals surface area (Å²) in [5.41, 5.74) is 0.269. The average Bonchev–Trinajstić information content (AvgIpc) is 2.64. The fraction of sp³-hybridized carbons (Fsp3) is 0.727. The zero-order valence-electron chi connectivity index (χ0n) is 9.19. The molecule has 1 atom stereocenters. The highest BCUT2D eigenvalue weighted by Crippen LogP contribution is 2.30. The zero-order valence-corrected chi connectivity index (χ0v) is 9.19. The van der Waals surface area contributed by atoms with Crippen LogP contribution in [0.3, 0.4) is 0 Å². The van der Waals surface area contributed by atoms with Crippen molar-refractivity contribution in [1.29, 1.82) is 0 Å². The van der Waals surface area contributed by atoms with E-state index in [4.69, 9.17) is 0 Å². The van der Waals surface area contributed by atoms with E-state index in [1.54, 1.807) is 10.9 Å². The predicted octanol–water partition coefficient (Wildman–Crippen LogP) is 0.776. The molecule has 1 fully saturated rings. The maximum absolute atomic E-state index is 9.78. The van der Waals surface area contributed by atoms with Crippen LogP contribution in [-0.2, 0) is 6.54 Å². The van der Waals surface area contributed by atoms with Gasteiger partial charge in [-0.3, -0.25) is 4.68 Å². The van der Waals surface area contributed by atoms with Gasteiger partial charge >= 0.3 is 0 Å². The summed E-state index contributed by atoms with van der Waals surface area (Å²) in [6.07, 6.45) is 6.99. The van der Waals surface area contributed by atoms with E-state index in [1.165, 1.54) is 19.3 Å². The molecule has 0 radical (unpaired) electrons. The van der Waals surface area contributed by atoms with Crippen LogP contribution in [0.2, 0.25) is 0 Å². The fourth-order valence-electron chi connectivity index (χ4n) is 1.94. The van der Waals surface area contributed by atoms with Crippen molar-refractivity contribution >= 4 is 0 Å². The lowest BCUT2D eigenvalue weighted by Crippen LogP contribution is -2.51. The molecule has 0 amide bonds. The first-order chi connectivity index (χ1) is 7.18. The molecule has 1 heterocycles. The lowest BCUT2D eigenvalue weighted by atomic mass is 9.78. The first-order valence-electron chi connectivity index (χ1n) is 5.58. The predicted molar refractivity (Wildman–Crippen MR) is 58.5 cm³/mol. The molecule has 2 rings (SSSR count). The Kier molecular flexibility index (Phi) is 3.07. The van der Waals surface area contributed by atoms with Crippen molar-refractivity contribution in [3.05, 3.63) is 18.5 Å². The Morgan fingerprint density at radius 2 is 2.40 bits per heavy atom. The molecule has 1 aliphatic rings. The molecular formula is C11H19N3O. The lowest BCUT2D eigenvalue weighted by Gasteiger charge is -2.40. The molecular weight excluding hydrogens is 190 g/mol. The maximum Gasteiger partial charge on any atom is 0.0860 e. The molecule has 4 nitrogen and oxygen atoms in total. The fourth-order valence-corrected chi connectivity index (χ4v) is 1.94. The molecule has 15 heavy (non-hydrogen) atoms. The Bertz CT molecular complexity index is 293. The van der Waals surface area contributed by atoms with Crippen LogP contribution in [-0.4, -0.2) is 33.1 Å². The molecule has 1 unspecified atom stereocenters. The minimum Gasteiger partial charge on any atom is -0.390 e. The molecule has 1 aromatic heterocycles. The smallest absolute Gasteiger partial charge is 0.0860 e. The summed E-state index contributed by atoms with van der Waals surface area (Å²) in [4.78, 5) is 0. The third kappa shape index (κ3) is 2.79. The van der Waals surface area contributed by atoms with Gasteiger partial charge in [0, 0.05) is 24.5 Å². The van der Waals surface area contributed by atoms with Gasteiger partial charge in [0.05, 0.1) is 12.6 Å². The highest BCUT2D eigenvalue weighted by molar-refractivity contribution is 4.91. The van der Waals surface area contributed by atoms with Crippen LogP contribution in [0.5, 0.6) is 0 Å². The monoisotopic (exact) mass is 209 g/mol. The molecule has 1 aliphatic carbocycles. The van der Waals surface area contributed by atoms with Crippen molar-refractivity contribution in [3.63, 3.8) is 0 Å². The topological polar surface area (TPSA) is 50.1 Å². The van der Waals surface area contributed by atoms with Gasteiger partial charge in [0.1, 0.15) is 0 Å². The molecule has 0 saturated heterocycles. The van der Waals surface area contributed by atoms with Gasteiger partial charge in [-0.2, -0.15) is 5.10 Å². The normalized spacial score (nSPS) is 20.9. The number of aromatic nitrogens is 2. The summed E-state index contributed by atoms with van der Waals surface area (Å²) in [6, 6.07) is 1.87. The first-order valence-corrected chi connectivity index (χ1v) is 5.58. The van der Waals surface area contributed by atoms with Crippen LogP contribution in [0.4, 0.5) is 0 Å². The average molecular weight is 209 g/mol. The molecule has 0 aromatic carbocycles. The van der Waals surface area contributed by atoms with Crippen LogP contribution in [0.1, 0.15) is 26.2 Å². The Balaban J connectivity index is 1.70. The number of hydrogen-bond acceptors (Lipinski definition) is 3. The van der Waals surface area contributed by atoms with Crippen LogP contribution in [0.15, 0.2) is 18.5 Å². The first kappa shape index (κ1) is 10.6. The van der Waals surface area contributed by atoms with Crippen molar-refractivity contribution in [2.75, 3.05) is 6.54 Å². The Morgan fingerprint density at radius 1 is 1.60 bits per heavy atom. The van der Waals surface area contributed by atoms with Crippen molar-refractivity contribution in [3.8, 4) is 0 Å². The summed E-state index contributed by atoms with van der Waals surface area (Å²) >= 11 is 0. The van der Waals surface area contributed by atoms with E-state index < -0.39 is 0 Å². The number of nitrogens with one attached hydrogen (secondary N) is 1. The van der Waals surface area contributed by atoms with E-state index in [0.717, 1.165) is 0 Å². The van der Waals surface area contributed by atoms with Crippen LogP contribution in [0.25, 0.3) is 0 Å². The van der Waals surface area contributed by atoms with Crippen molar-refractivity contribution in [1.82, 2.24) is 15.1 Å². The SMILES string of the molecule is CC1(NCC(O)Cn2cccn2)CCC1. The standard InChI is InChI=1S/C11H19N3O/c1-11(4-2-5-11)12-8-10(15)9-14-7-3-6-13-14/h3,6-7,10,12,15H,2,4-5,8-9H2,1H3. The summed E-state index contributed by atoms with van der Waals surface area (Å²) in [7, 11) is 0. The van der Waals surface area contributed by atoms with Crippen molar-refractivity contribution < 1.29 is 5.11 Å². The van der Waals surface area contributed by atoms with E-state index in [1.807, 2.05) is 12.3 Å². The van der Waals surface area contributed by atoms with Gasteiger partial charge in [0.25, 0.3) is 0 Å². The summed E-state index contributed by atoms with van der Waals surface area (Å²) in [5, 5.41) is 17.3. The largest absolute Gasteiger partial charge is 0.390 e. The third-order valence-electron chi connectivity index (χ3n) is 3.18. The van der Waals surface area contributed by atoms with Gasteiger partial charge in [-0.1, -0.05) is 0 Å². The third-order valence-corrected chi connectivity index (χ3v) is 3.18. The lowest BCUT2D eigenvalue weighted by molar-refractivity contribution is 0.115. The molecule has 0 spiro atoms. The highest BCUT2D eigenvalue weighted by Gasteiger charge is 2.31. The Labute approximate surface area is 90.3 Å². The molecule has 1 saturated carbocycles. The van der Waals surface area contributed by atoms with E-state index in [0.29, 0.717) is 13.1 Å². The molecule has 1 aromatic rings. The van der Waals surface area contributed by atoms with Crippen molar-refractivity contribution in [2.24, 2.45) is 0 Å². The van der Waals surface area contributed by atoms with Gasteiger partial charge < -0.3 is 10.4 Å². The number of rotatable bonds is 5. The molecule has 4 heteroatoms. The van der Waals surface area contributed by atoms with E-state index in [2.05, 4.69) is 17.3 Å². The maximum atomic E-state index is 9.78. The number of nitrogens with zero attached hydrogens (tertiary/aromatic N) is 2. The van der Waals surface area contributed by atoms with Crippen LogP contribution >= 0.6 is 0 Å². The molecule has 84 valence electrons. The second-order valence-corrected chi connectivity index (χ2v) is 4.68. The minimum absolute atomic E-state index is 0.269. The van der Waals surface area contributed by atoms with E-state index >= 15 is 0 Å². The zero-order chi connectivity index (χ0) is 10.7. The quantitative estimate of drug-likeness (QED) is 0.753. The Hall–Kier alpha value is -0.870. The minimum atomic E-state index is -0.359. The molecule has 0 bridgehead atoms. The summed E-state index contributed by atoms with van der Waals surface area (Å²) in [6.45, 7) is 3.43. The van der Waals surface area contributed by atoms with Crippen LogP contribution < -0.4 is 5.32 Å². The number of aliphatic hydroxyl groups is 1. The van der Waals surface area contributed by atoms with Gasteiger partial charge in [0.2, 0.25) is 0 Å². The van der Waals surface area contributed by atoms with Gasteiger partial charge in [0.15, 0.2) is 0 Å². The summed E-state index contributed by atoms with van der Waals surface area (Å²) in [5.74, 6) is 0. The number of hydrogen-bond donors (Lipinski definition) is 2. The van der Waals surface area contributed by atoms with E-state index in [-0.39, 0.29) is 11.6 Å². The van der Waals surface area contributed by atoms with Gasteiger partial charge in [-0.15, -0.1) is 0 Å². The highest BCUT2D eigenvalue weighted by atomic mass is 16.3. The van der Waals surface area contributed by atoms with Gasteiger partial charge in [-0.25, -0.2) is 0 Å². The summed E-state index contributed by atoms with van der Waals surface area (Å²) < 4.78 is 1.76. The molecule has 0 aliphatic heterocycles.